The molecule has 2 heterocycles. The maximum atomic E-state index is 3.73. The Morgan fingerprint density at radius 3 is 2.42 bits per heavy atom. The third-order valence-electron chi connectivity index (χ3n) is 4.77. The Morgan fingerprint density at radius 1 is 1.11 bits per heavy atom. The van der Waals surface area contributed by atoms with E-state index in [4.69, 9.17) is 0 Å². The predicted molar refractivity (Wildman–Crippen MR) is 82.3 cm³/mol. The number of H-pyrrole nitrogens is 1. The van der Waals surface area contributed by atoms with Crippen LogP contribution in [0.4, 0.5) is 0 Å². The van der Waals surface area contributed by atoms with E-state index in [1.165, 1.54) is 29.8 Å². The molecule has 2 aliphatic carbocycles. The van der Waals surface area contributed by atoms with Crippen molar-refractivity contribution in [3.63, 3.8) is 0 Å². The van der Waals surface area contributed by atoms with E-state index in [2.05, 4.69) is 44.8 Å². The van der Waals surface area contributed by atoms with Crippen LogP contribution in [0.5, 0.6) is 0 Å². The maximum absolute atomic E-state index is 3.73. The van der Waals surface area contributed by atoms with Crippen molar-refractivity contribution in [2.24, 2.45) is 0 Å². The first-order valence-electron chi connectivity index (χ1n) is 7.41. The molecule has 19 heavy (non-hydrogen) atoms. The molecular formula is C17H21NS. The number of fused-ring (bicyclic) bond motifs is 5. The maximum Gasteiger partial charge on any atom is 0.0405 e. The van der Waals surface area contributed by atoms with E-state index in [1.54, 1.807) is 15.3 Å². The van der Waals surface area contributed by atoms with Crippen molar-refractivity contribution in [2.45, 2.75) is 57.8 Å². The smallest absolute Gasteiger partial charge is 0.0405 e. The van der Waals surface area contributed by atoms with Gasteiger partial charge in [0.1, 0.15) is 0 Å². The number of hydrogen-bond acceptors (Lipinski definition) is 1. The van der Waals surface area contributed by atoms with Gasteiger partial charge in [-0.2, -0.15) is 0 Å². The summed E-state index contributed by atoms with van der Waals surface area (Å²) in [6, 6.07) is 4.90. The summed E-state index contributed by atoms with van der Waals surface area (Å²) in [5, 5.41) is 0. The first-order chi connectivity index (χ1) is 9.03. The van der Waals surface area contributed by atoms with E-state index < -0.39 is 0 Å². The number of hydrogen-bond donors (Lipinski definition) is 1. The molecule has 1 saturated carbocycles. The highest BCUT2D eigenvalue weighted by molar-refractivity contribution is 7.16. The van der Waals surface area contributed by atoms with Gasteiger partial charge in [0.2, 0.25) is 0 Å². The van der Waals surface area contributed by atoms with Crippen LogP contribution in [0.1, 0.15) is 74.2 Å². The Hall–Kier alpha value is -1.02. The first kappa shape index (κ1) is 11.8. The molecule has 1 nitrogen and oxygen atoms in total. The highest BCUT2D eigenvalue weighted by Gasteiger charge is 2.54. The lowest BCUT2D eigenvalue weighted by Gasteiger charge is -2.09. The van der Waals surface area contributed by atoms with Gasteiger partial charge in [-0.05, 0) is 42.4 Å². The van der Waals surface area contributed by atoms with Crippen molar-refractivity contribution in [1.29, 1.82) is 0 Å². The molecule has 2 aromatic rings. The highest BCUT2D eigenvalue weighted by Crippen LogP contribution is 2.64. The third kappa shape index (κ3) is 1.41. The molecule has 100 valence electrons. The van der Waals surface area contributed by atoms with Crippen LogP contribution in [-0.2, 0) is 5.41 Å². The van der Waals surface area contributed by atoms with Crippen LogP contribution >= 0.6 is 11.3 Å². The zero-order chi connectivity index (χ0) is 13.4. The van der Waals surface area contributed by atoms with Gasteiger partial charge in [-0.25, -0.2) is 0 Å². The molecule has 1 N–H and O–H groups in total. The molecule has 0 bridgehead atoms. The van der Waals surface area contributed by atoms with Crippen molar-refractivity contribution >= 4 is 11.3 Å². The Balaban J connectivity index is 1.92. The molecule has 0 radical (unpaired) electrons. The van der Waals surface area contributed by atoms with Gasteiger partial charge < -0.3 is 4.98 Å². The molecule has 2 heteroatoms. The normalized spacial score (nSPS) is 18.4. The fourth-order valence-corrected chi connectivity index (χ4v) is 4.66. The summed E-state index contributed by atoms with van der Waals surface area (Å²) in [4.78, 5) is 6.84. The summed E-state index contributed by atoms with van der Waals surface area (Å²) in [6.07, 6.45) is 2.67. The second kappa shape index (κ2) is 3.54. The zero-order valence-corrected chi connectivity index (χ0v) is 12.9. The minimum atomic E-state index is 0.376. The molecule has 0 unspecified atom stereocenters. The average Bonchev–Trinajstić information content (AvgIpc) is 2.78. The van der Waals surface area contributed by atoms with Crippen molar-refractivity contribution < 1.29 is 0 Å². The number of nitrogens with one attached hydrogen (secondary N) is 1. The van der Waals surface area contributed by atoms with Crippen molar-refractivity contribution in [3.05, 3.63) is 34.0 Å². The molecule has 0 aromatic carbocycles. The van der Waals surface area contributed by atoms with Crippen LogP contribution in [0.25, 0.3) is 10.4 Å². The first-order valence-corrected chi connectivity index (χ1v) is 8.22. The van der Waals surface area contributed by atoms with Gasteiger partial charge in [-0.1, -0.05) is 27.7 Å². The quantitative estimate of drug-likeness (QED) is 0.754. The van der Waals surface area contributed by atoms with Crippen LogP contribution in [-0.4, -0.2) is 4.98 Å². The van der Waals surface area contributed by atoms with E-state index in [1.807, 2.05) is 11.3 Å². The second-order valence-electron chi connectivity index (χ2n) is 6.80. The van der Waals surface area contributed by atoms with Gasteiger partial charge in [0, 0.05) is 32.1 Å². The summed E-state index contributed by atoms with van der Waals surface area (Å²) < 4.78 is 0. The molecule has 0 aliphatic heterocycles. The predicted octanol–water partition coefficient (Wildman–Crippen LogP) is 5.38. The molecule has 0 saturated heterocycles. The van der Waals surface area contributed by atoms with Gasteiger partial charge in [-0.3, -0.25) is 0 Å². The lowest BCUT2D eigenvalue weighted by Crippen LogP contribution is -2.05. The lowest BCUT2D eigenvalue weighted by atomic mass is 9.98. The van der Waals surface area contributed by atoms with Crippen LogP contribution in [0, 0.1) is 0 Å². The van der Waals surface area contributed by atoms with Crippen LogP contribution < -0.4 is 0 Å². The second-order valence-corrected chi connectivity index (χ2v) is 7.88. The van der Waals surface area contributed by atoms with Gasteiger partial charge >= 0.3 is 0 Å². The minimum absolute atomic E-state index is 0.376. The van der Waals surface area contributed by atoms with Gasteiger partial charge in [0.25, 0.3) is 0 Å². The van der Waals surface area contributed by atoms with Gasteiger partial charge in [0.15, 0.2) is 0 Å². The van der Waals surface area contributed by atoms with E-state index in [0.717, 1.165) is 0 Å². The molecule has 2 aromatic heterocycles. The van der Waals surface area contributed by atoms with Gasteiger partial charge in [0.05, 0.1) is 0 Å². The Bertz CT molecular complexity index is 599. The monoisotopic (exact) mass is 271 g/mol. The summed E-state index contributed by atoms with van der Waals surface area (Å²) in [6.45, 7) is 9.15. The topological polar surface area (TPSA) is 15.8 Å². The largest absolute Gasteiger partial charge is 0.361 e. The van der Waals surface area contributed by atoms with Crippen LogP contribution in [0.2, 0.25) is 0 Å². The SMILES string of the molecule is CC(C)c1cc2c([nH]1)C1(CC1)c1cc(C(C)C)sc1-2. The Morgan fingerprint density at radius 2 is 1.84 bits per heavy atom. The zero-order valence-electron chi connectivity index (χ0n) is 12.1. The van der Waals surface area contributed by atoms with Crippen molar-refractivity contribution in [2.75, 3.05) is 0 Å². The number of aromatic amines is 1. The average molecular weight is 271 g/mol. The fraction of sp³-hybridized carbons (Fsp3) is 0.529. The van der Waals surface area contributed by atoms with Crippen LogP contribution in [0.15, 0.2) is 12.1 Å². The Kier molecular flexibility index (Phi) is 2.20. The molecule has 1 spiro atoms. The van der Waals surface area contributed by atoms with Gasteiger partial charge in [-0.15, -0.1) is 11.3 Å². The fourth-order valence-electron chi connectivity index (χ4n) is 3.37. The van der Waals surface area contributed by atoms with Crippen molar-refractivity contribution in [3.8, 4) is 10.4 Å². The number of aromatic nitrogens is 1. The third-order valence-corrected chi connectivity index (χ3v) is 6.24. The highest BCUT2D eigenvalue weighted by atomic mass is 32.1. The molecule has 2 aliphatic rings. The van der Waals surface area contributed by atoms with E-state index >= 15 is 0 Å². The number of thiophene rings is 1. The number of rotatable bonds is 2. The molecule has 4 rings (SSSR count). The molecule has 0 atom stereocenters. The summed E-state index contributed by atoms with van der Waals surface area (Å²) in [5.41, 5.74) is 6.43. The van der Waals surface area contributed by atoms with Crippen molar-refractivity contribution in [1.82, 2.24) is 4.98 Å². The summed E-state index contributed by atoms with van der Waals surface area (Å²) in [5.74, 6) is 1.24. The van der Waals surface area contributed by atoms with E-state index in [0.29, 0.717) is 17.3 Å². The Labute approximate surface area is 119 Å². The molecule has 0 amide bonds. The molecular weight excluding hydrogens is 250 g/mol. The standard InChI is InChI=1S/C17H21NS/c1-9(2)13-7-11-15-12(8-14(19-15)10(3)4)17(5-6-17)16(11)18-13/h7-10,18H,5-6H2,1-4H3. The lowest BCUT2D eigenvalue weighted by molar-refractivity contribution is 0.786. The van der Waals surface area contributed by atoms with E-state index in [-0.39, 0.29) is 0 Å². The van der Waals surface area contributed by atoms with Crippen LogP contribution in [0.3, 0.4) is 0 Å². The summed E-state index contributed by atoms with van der Waals surface area (Å²) in [7, 11) is 0. The molecule has 1 fully saturated rings. The van der Waals surface area contributed by atoms with E-state index in [9.17, 15) is 0 Å². The minimum Gasteiger partial charge on any atom is -0.361 e. The summed E-state index contributed by atoms with van der Waals surface area (Å²) >= 11 is 2.02.